The third kappa shape index (κ3) is 3.82. The number of hydrogen-bond acceptors (Lipinski definition) is 3. The Kier molecular flexibility index (Phi) is 5.24. The number of aliphatic hydroxyl groups excluding tert-OH is 1. The van der Waals surface area contributed by atoms with Gasteiger partial charge in [0, 0.05) is 16.6 Å². The molecule has 20 heavy (non-hydrogen) atoms. The molecule has 2 N–H and O–H groups in total. The van der Waals surface area contributed by atoms with Crippen molar-refractivity contribution in [2.45, 2.75) is 30.6 Å². The molecule has 0 bridgehead atoms. The fourth-order valence-corrected chi connectivity index (χ4v) is 3.99. The van der Waals surface area contributed by atoms with E-state index in [4.69, 9.17) is 23.2 Å². The lowest BCUT2D eigenvalue weighted by atomic mass is 10.0. The summed E-state index contributed by atoms with van der Waals surface area (Å²) >= 11 is 13.5. The van der Waals surface area contributed by atoms with E-state index in [2.05, 4.69) is 5.32 Å². The summed E-state index contributed by atoms with van der Waals surface area (Å²) in [7, 11) is 0. The van der Waals surface area contributed by atoms with E-state index in [1.54, 1.807) is 30.0 Å². The van der Waals surface area contributed by atoms with Gasteiger partial charge in [-0.05, 0) is 49.3 Å². The van der Waals surface area contributed by atoms with Crippen LogP contribution in [0.1, 0.15) is 31.4 Å². The van der Waals surface area contributed by atoms with Crippen LogP contribution in [0, 0.1) is 0 Å². The standard InChI is InChI=1S/C14H17Cl2NO2S/c1-14(3-2-4-20-14)13(19)17-8-12(18)9-5-10(15)7-11(16)6-9/h5-7,12,18H,2-4,8H2,1H3,(H,17,19). The monoisotopic (exact) mass is 333 g/mol. The van der Waals surface area contributed by atoms with Crippen LogP contribution in [-0.2, 0) is 4.79 Å². The maximum atomic E-state index is 12.1. The number of nitrogens with one attached hydrogen (secondary N) is 1. The van der Waals surface area contributed by atoms with Gasteiger partial charge in [-0.3, -0.25) is 4.79 Å². The van der Waals surface area contributed by atoms with Crippen molar-refractivity contribution in [3.8, 4) is 0 Å². The van der Waals surface area contributed by atoms with Gasteiger partial charge >= 0.3 is 0 Å². The highest BCUT2D eigenvalue weighted by molar-refractivity contribution is 8.01. The van der Waals surface area contributed by atoms with Crippen molar-refractivity contribution < 1.29 is 9.90 Å². The van der Waals surface area contributed by atoms with Gasteiger partial charge in [-0.25, -0.2) is 0 Å². The SMILES string of the molecule is CC1(C(=O)NCC(O)c2cc(Cl)cc(Cl)c2)CCCS1. The Bertz CT molecular complexity index is 484. The quantitative estimate of drug-likeness (QED) is 0.887. The molecule has 1 saturated heterocycles. The number of aliphatic hydroxyl groups is 1. The zero-order chi connectivity index (χ0) is 14.8. The largest absolute Gasteiger partial charge is 0.387 e. The molecular formula is C14H17Cl2NO2S. The van der Waals surface area contributed by atoms with Gasteiger partial charge < -0.3 is 10.4 Å². The summed E-state index contributed by atoms with van der Waals surface area (Å²) in [6.07, 6.45) is 1.12. The number of thioether (sulfide) groups is 1. The summed E-state index contributed by atoms with van der Waals surface area (Å²) in [6.45, 7) is 2.11. The molecule has 2 unspecified atom stereocenters. The van der Waals surface area contributed by atoms with Crippen LogP contribution in [0.4, 0.5) is 0 Å². The van der Waals surface area contributed by atoms with E-state index >= 15 is 0 Å². The first-order chi connectivity index (χ1) is 9.40. The number of carbonyl (C=O) groups excluding carboxylic acids is 1. The van der Waals surface area contributed by atoms with Gasteiger partial charge in [-0.2, -0.15) is 0 Å². The van der Waals surface area contributed by atoms with Gasteiger partial charge in [0.25, 0.3) is 0 Å². The van der Waals surface area contributed by atoms with E-state index in [0.717, 1.165) is 18.6 Å². The van der Waals surface area contributed by atoms with Crippen LogP contribution in [0.25, 0.3) is 0 Å². The molecule has 1 aromatic rings. The Hall–Kier alpha value is -0.420. The summed E-state index contributed by atoms with van der Waals surface area (Å²) in [4.78, 5) is 12.1. The van der Waals surface area contributed by atoms with E-state index in [1.165, 1.54) is 0 Å². The smallest absolute Gasteiger partial charge is 0.236 e. The van der Waals surface area contributed by atoms with Gasteiger partial charge in [-0.15, -0.1) is 11.8 Å². The molecule has 1 aliphatic heterocycles. The molecule has 2 atom stereocenters. The van der Waals surface area contributed by atoms with Crippen molar-refractivity contribution in [3.05, 3.63) is 33.8 Å². The number of hydrogen-bond donors (Lipinski definition) is 2. The van der Waals surface area contributed by atoms with E-state index < -0.39 is 6.10 Å². The fraction of sp³-hybridized carbons (Fsp3) is 0.500. The topological polar surface area (TPSA) is 49.3 Å². The molecule has 0 spiro atoms. The van der Waals surface area contributed by atoms with Gasteiger partial charge in [0.15, 0.2) is 0 Å². The maximum Gasteiger partial charge on any atom is 0.236 e. The number of rotatable bonds is 4. The maximum absolute atomic E-state index is 12.1. The minimum atomic E-state index is -0.815. The van der Waals surface area contributed by atoms with Gasteiger partial charge in [0.05, 0.1) is 10.9 Å². The molecule has 1 amide bonds. The first-order valence-electron chi connectivity index (χ1n) is 6.47. The van der Waals surface area contributed by atoms with Crippen LogP contribution in [0.3, 0.4) is 0 Å². The first kappa shape index (κ1) is 16.0. The van der Waals surface area contributed by atoms with Crippen LogP contribution in [0.15, 0.2) is 18.2 Å². The molecule has 0 aliphatic carbocycles. The van der Waals surface area contributed by atoms with E-state index in [9.17, 15) is 9.90 Å². The van der Waals surface area contributed by atoms with Crippen LogP contribution in [0.2, 0.25) is 10.0 Å². The van der Waals surface area contributed by atoms with Crippen LogP contribution >= 0.6 is 35.0 Å². The molecule has 1 heterocycles. The first-order valence-corrected chi connectivity index (χ1v) is 8.21. The minimum absolute atomic E-state index is 0.0211. The molecule has 2 rings (SSSR count). The zero-order valence-electron chi connectivity index (χ0n) is 11.2. The average molecular weight is 334 g/mol. The van der Waals surface area contributed by atoms with Crippen molar-refractivity contribution in [1.29, 1.82) is 0 Å². The normalized spacial score (nSPS) is 23.6. The predicted molar refractivity (Wildman–Crippen MR) is 84.5 cm³/mol. The van der Waals surface area contributed by atoms with E-state index in [0.29, 0.717) is 15.6 Å². The minimum Gasteiger partial charge on any atom is -0.387 e. The molecule has 3 nitrogen and oxygen atoms in total. The Morgan fingerprint density at radius 3 is 2.65 bits per heavy atom. The number of carbonyl (C=O) groups is 1. The van der Waals surface area contributed by atoms with Crippen LogP contribution in [0.5, 0.6) is 0 Å². The van der Waals surface area contributed by atoms with Crippen molar-refractivity contribution >= 4 is 40.9 Å². The summed E-state index contributed by atoms with van der Waals surface area (Å²) in [5, 5.41) is 13.8. The number of halogens is 2. The Morgan fingerprint density at radius 1 is 1.45 bits per heavy atom. The molecule has 1 aromatic carbocycles. The van der Waals surface area contributed by atoms with Crippen LogP contribution < -0.4 is 5.32 Å². The number of amides is 1. The van der Waals surface area contributed by atoms with E-state index in [-0.39, 0.29) is 17.2 Å². The third-order valence-corrected chi connectivity index (χ3v) is 5.38. The highest BCUT2D eigenvalue weighted by Crippen LogP contribution is 2.37. The molecule has 0 saturated carbocycles. The second kappa shape index (κ2) is 6.56. The highest BCUT2D eigenvalue weighted by atomic mass is 35.5. The Labute approximate surface area is 133 Å². The Morgan fingerprint density at radius 2 is 2.10 bits per heavy atom. The molecule has 1 aliphatic rings. The van der Waals surface area contributed by atoms with Crippen molar-refractivity contribution in [1.82, 2.24) is 5.32 Å². The summed E-state index contributed by atoms with van der Waals surface area (Å²) in [5.41, 5.74) is 0.604. The summed E-state index contributed by atoms with van der Waals surface area (Å²) in [6, 6.07) is 4.90. The molecule has 6 heteroatoms. The van der Waals surface area contributed by atoms with Crippen molar-refractivity contribution in [3.63, 3.8) is 0 Å². The zero-order valence-corrected chi connectivity index (χ0v) is 13.5. The summed E-state index contributed by atoms with van der Waals surface area (Å²) < 4.78 is -0.369. The lowest BCUT2D eigenvalue weighted by Gasteiger charge is -2.22. The van der Waals surface area contributed by atoms with Crippen molar-refractivity contribution in [2.75, 3.05) is 12.3 Å². The number of benzene rings is 1. The van der Waals surface area contributed by atoms with Crippen molar-refractivity contribution in [2.24, 2.45) is 0 Å². The lowest BCUT2D eigenvalue weighted by Crippen LogP contribution is -2.42. The molecule has 1 fully saturated rings. The Balaban J connectivity index is 1.94. The average Bonchev–Trinajstić information content (AvgIpc) is 2.82. The summed E-state index contributed by atoms with van der Waals surface area (Å²) in [5.74, 6) is 0.989. The van der Waals surface area contributed by atoms with Gasteiger partial charge in [0.2, 0.25) is 5.91 Å². The highest BCUT2D eigenvalue weighted by Gasteiger charge is 2.37. The van der Waals surface area contributed by atoms with Crippen LogP contribution in [-0.4, -0.2) is 28.1 Å². The van der Waals surface area contributed by atoms with E-state index in [1.807, 2.05) is 6.92 Å². The molecule has 110 valence electrons. The second-order valence-electron chi connectivity index (χ2n) is 5.11. The second-order valence-corrected chi connectivity index (χ2v) is 7.58. The fourth-order valence-electron chi connectivity index (χ4n) is 2.22. The molecular weight excluding hydrogens is 317 g/mol. The molecule has 0 radical (unpaired) electrons. The molecule has 0 aromatic heterocycles. The van der Waals surface area contributed by atoms with Gasteiger partial charge in [-0.1, -0.05) is 23.2 Å². The third-order valence-electron chi connectivity index (χ3n) is 3.42. The lowest BCUT2D eigenvalue weighted by molar-refractivity contribution is -0.123. The van der Waals surface area contributed by atoms with Gasteiger partial charge in [0.1, 0.15) is 0 Å². The predicted octanol–water partition coefficient (Wildman–Crippen LogP) is 3.43.